The van der Waals surface area contributed by atoms with Crippen molar-refractivity contribution in [3.63, 3.8) is 0 Å². The van der Waals surface area contributed by atoms with Crippen LogP contribution in [0.2, 0.25) is 0 Å². The van der Waals surface area contributed by atoms with E-state index in [4.69, 9.17) is 14.2 Å². The van der Waals surface area contributed by atoms with Crippen molar-refractivity contribution in [3.8, 4) is 17.2 Å². The number of para-hydroxylation sites is 1. The van der Waals surface area contributed by atoms with Crippen LogP contribution < -0.4 is 24.8 Å². The molecule has 7 rings (SSSR count). The Morgan fingerprint density at radius 1 is 1.09 bits per heavy atom. The van der Waals surface area contributed by atoms with Crippen molar-refractivity contribution in [1.82, 2.24) is 10.6 Å². The Labute approximate surface area is 192 Å². The Morgan fingerprint density at radius 3 is 2.73 bits per heavy atom. The van der Waals surface area contributed by atoms with Gasteiger partial charge in [-0.1, -0.05) is 18.2 Å². The fourth-order valence-corrected chi connectivity index (χ4v) is 6.01. The predicted octanol–water partition coefficient (Wildman–Crippen LogP) is 3.59. The van der Waals surface area contributed by atoms with E-state index in [1.807, 2.05) is 43.3 Å². The zero-order chi connectivity index (χ0) is 22.6. The van der Waals surface area contributed by atoms with Gasteiger partial charge in [-0.3, -0.25) is 9.59 Å². The number of nitrogens with one attached hydrogen (secondary N) is 2. The normalized spacial score (nSPS) is 30.1. The number of hydrogen-bond acceptors (Lipinski definition) is 5. The first-order valence-electron chi connectivity index (χ1n) is 11.8. The monoisotopic (exact) mass is 448 g/mol. The van der Waals surface area contributed by atoms with Gasteiger partial charge in [0.05, 0.1) is 11.6 Å². The third-order valence-corrected chi connectivity index (χ3v) is 7.73. The summed E-state index contributed by atoms with van der Waals surface area (Å²) in [5, 5.41) is 6.37. The number of benzene rings is 2. The van der Waals surface area contributed by atoms with E-state index in [0.717, 1.165) is 29.9 Å². The highest BCUT2D eigenvalue weighted by Gasteiger charge is 2.57. The molecule has 2 aliphatic heterocycles. The van der Waals surface area contributed by atoms with Crippen LogP contribution in [-0.4, -0.2) is 30.8 Å². The Hall–Kier alpha value is -3.22. The second-order valence-corrected chi connectivity index (χ2v) is 9.66. The van der Waals surface area contributed by atoms with Gasteiger partial charge >= 0.3 is 0 Å². The minimum absolute atomic E-state index is 0.0736. The molecule has 3 fully saturated rings. The van der Waals surface area contributed by atoms with Gasteiger partial charge in [0.25, 0.3) is 5.91 Å². The summed E-state index contributed by atoms with van der Waals surface area (Å²) in [5.41, 5.74) is 0.865. The van der Waals surface area contributed by atoms with Gasteiger partial charge in [0.2, 0.25) is 5.91 Å². The summed E-state index contributed by atoms with van der Waals surface area (Å²) >= 11 is 0. The molecule has 2 heterocycles. The van der Waals surface area contributed by atoms with Gasteiger partial charge in [-0.15, -0.1) is 0 Å². The zero-order valence-corrected chi connectivity index (χ0v) is 18.6. The topological polar surface area (TPSA) is 85.9 Å². The van der Waals surface area contributed by atoms with Gasteiger partial charge in [-0.25, -0.2) is 0 Å². The molecule has 5 aliphatic rings. The number of carbonyl (C=O) groups is 2. The lowest BCUT2D eigenvalue weighted by atomic mass is 9.60. The summed E-state index contributed by atoms with van der Waals surface area (Å²) < 4.78 is 17.7. The highest BCUT2D eigenvalue weighted by atomic mass is 16.6. The molecule has 2 aromatic carbocycles. The maximum atomic E-state index is 13.3. The second-order valence-electron chi connectivity index (χ2n) is 9.66. The van der Waals surface area contributed by atoms with Crippen molar-refractivity contribution in [1.29, 1.82) is 0 Å². The minimum atomic E-state index is -0.702. The number of amides is 2. The van der Waals surface area contributed by atoms with Gasteiger partial charge < -0.3 is 24.8 Å². The summed E-state index contributed by atoms with van der Waals surface area (Å²) in [5.74, 6) is 2.31. The summed E-state index contributed by atoms with van der Waals surface area (Å²) in [6.45, 7) is 3.08. The van der Waals surface area contributed by atoms with E-state index in [1.165, 1.54) is 0 Å². The van der Waals surface area contributed by atoms with Crippen LogP contribution in [0.1, 0.15) is 54.6 Å². The third kappa shape index (κ3) is 3.41. The van der Waals surface area contributed by atoms with Crippen LogP contribution in [0.15, 0.2) is 42.5 Å². The molecule has 0 unspecified atom stereocenters. The van der Waals surface area contributed by atoms with Crippen molar-refractivity contribution in [2.45, 2.75) is 44.4 Å². The number of ether oxygens (including phenoxy) is 3. The van der Waals surface area contributed by atoms with Crippen molar-refractivity contribution in [2.24, 2.45) is 17.8 Å². The lowest BCUT2D eigenvalue weighted by Crippen LogP contribution is -2.66. The molecule has 3 aliphatic carbocycles. The van der Waals surface area contributed by atoms with E-state index in [0.29, 0.717) is 37.4 Å². The van der Waals surface area contributed by atoms with Gasteiger partial charge in [-0.2, -0.15) is 0 Å². The molecule has 7 heteroatoms. The second kappa shape index (κ2) is 7.68. The molecule has 172 valence electrons. The standard InChI is InChI=1S/C26H28N2O5/c1-15(16-7-9-22-23(12-16)32-11-10-31-22)27-24(29)20-13-18-8-6-17(20)14-26(18)28-25(30)19-4-2-3-5-21(19)33-26/h2-5,7,9,12,15,17-18,20H,6,8,10-11,13-14H2,1H3,(H,27,29)(H,28,30)/t15-,17-,18+,20+,26-/m0/s1. The molecule has 0 saturated heterocycles. The summed E-state index contributed by atoms with van der Waals surface area (Å²) in [4.78, 5) is 26.1. The molecule has 0 aromatic heterocycles. The Balaban J connectivity index is 1.16. The Kier molecular flexibility index (Phi) is 4.75. The van der Waals surface area contributed by atoms with Gasteiger partial charge in [0.15, 0.2) is 17.2 Å². The maximum absolute atomic E-state index is 13.3. The van der Waals surface area contributed by atoms with E-state index < -0.39 is 5.72 Å². The lowest BCUT2D eigenvalue weighted by molar-refractivity contribution is -0.147. The van der Waals surface area contributed by atoms with E-state index in [2.05, 4.69) is 10.6 Å². The van der Waals surface area contributed by atoms with Crippen LogP contribution in [0, 0.1) is 17.8 Å². The smallest absolute Gasteiger partial charge is 0.258 e. The van der Waals surface area contributed by atoms with Crippen LogP contribution >= 0.6 is 0 Å². The molecule has 2 amide bonds. The molecule has 7 nitrogen and oxygen atoms in total. The number of hydrogen-bond donors (Lipinski definition) is 2. The summed E-state index contributed by atoms with van der Waals surface area (Å²) in [7, 11) is 0. The molecule has 5 atom stereocenters. The van der Waals surface area contributed by atoms with Crippen LogP contribution in [0.25, 0.3) is 0 Å². The lowest BCUT2D eigenvalue weighted by Gasteiger charge is -2.55. The number of fused-ring (bicyclic) bond motifs is 4. The predicted molar refractivity (Wildman–Crippen MR) is 120 cm³/mol. The molecule has 2 bridgehead atoms. The Bertz CT molecular complexity index is 1120. The molecule has 1 spiro atoms. The summed E-state index contributed by atoms with van der Waals surface area (Å²) in [6.07, 6.45) is 3.30. The summed E-state index contributed by atoms with van der Waals surface area (Å²) in [6, 6.07) is 13.1. The molecule has 2 N–H and O–H groups in total. The average molecular weight is 449 g/mol. The fourth-order valence-electron chi connectivity index (χ4n) is 6.01. The van der Waals surface area contributed by atoms with Crippen LogP contribution in [-0.2, 0) is 4.79 Å². The number of carbonyl (C=O) groups excluding carboxylic acids is 2. The maximum Gasteiger partial charge on any atom is 0.258 e. The largest absolute Gasteiger partial charge is 0.486 e. The van der Waals surface area contributed by atoms with E-state index in [9.17, 15) is 9.59 Å². The first-order valence-corrected chi connectivity index (χ1v) is 11.8. The first-order chi connectivity index (χ1) is 16.0. The molecule has 0 radical (unpaired) electrons. The van der Waals surface area contributed by atoms with Crippen molar-refractivity contribution < 1.29 is 23.8 Å². The zero-order valence-electron chi connectivity index (χ0n) is 18.6. The molecular formula is C26H28N2O5. The average Bonchev–Trinajstić information content (AvgIpc) is 2.84. The molecule has 33 heavy (non-hydrogen) atoms. The van der Waals surface area contributed by atoms with E-state index in [-0.39, 0.29) is 35.6 Å². The van der Waals surface area contributed by atoms with Gasteiger partial charge in [0, 0.05) is 18.3 Å². The molecule has 3 saturated carbocycles. The SMILES string of the molecule is C[C@H](NC(=O)[C@@H]1C[C@H]2CC[C@H]1C[C@@]21NC(=O)c2ccccc2O1)c1ccc2c(c1)OCCO2. The molecule has 2 aromatic rings. The van der Waals surface area contributed by atoms with E-state index >= 15 is 0 Å². The highest BCUT2D eigenvalue weighted by Crippen LogP contribution is 2.52. The van der Waals surface area contributed by atoms with Gasteiger partial charge in [0.1, 0.15) is 19.0 Å². The highest BCUT2D eigenvalue weighted by molar-refractivity contribution is 5.98. The van der Waals surface area contributed by atoms with Crippen molar-refractivity contribution in [2.75, 3.05) is 13.2 Å². The minimum Gasteiger partial charge on any atom is -0.486 e. The third-order valence-electron chi connectivity index (χ3n) is 7.73. The quantitative estimate of drug-likeness (QED) is 0.750. The van der Waals surface area contributed by atoms with E-state index in [1.54, 1.807) is 6.07 Å². The van der Waals surface area contributed by atoms with Crippen LogP contribution in [0.5, 0.6) is 17.2 Å². The molecular weight excluding hydrogens is 420 g/mol. The van der Waals surface area contributed by atoms with Gasteiger partial charge in [-0.05, 0) is 61.9 Å². The first kappa shape index (κ1) is 20.4. The van der Waals surface area contributed by atoms with Crippen LogP contribution in [0.4, 0.5) is 0 Å². The van der Waals surface area contributed by atoms with Crippen LogP contribution in [0.3, 0.4) is 0 Å². The van der Waals surface area contributed by atoms with Crippen molar-refractivity contribution in [3.05, 3.63) is 53.6 Å². The fraction of sp³-hybridized carbons (Fsp3) is 0.462. The van der Waals surface area contributed by atoms with Crippen molar-refractivity contribution >= 4 is 11.8 Å². The number of rotatable bonds is 3. The Morgan fingerprint density at radius 2 is 1.91 bits per heavy atom.